The van der Waals surface area contributed by atoms with Gasteiger partial charge in [-0.3, -0.25) is 0 Å². The van der Waals surface area contributed by atoms with Gasteiger partial charge < -0.3 is 9.05 Å². The molecule has 0 N–H and O–H groups in total. The predicted molar refractivity (Wildman–Crippen MR) is 62.8 cm³/mol. The molecule has 0 amide bonds. The Morgan fingerprint density at radius 2 is 1.86 bits per heavy atom. The molecule has 1 rings (SSSR count). The fourth-order valence-electron chi connectivity index (χ4n) is 1.51. The molecule has 1 saturated carbocycles. The molecule has 0 saturated heterocycles. The van der Waals surface area contributed by atoms with Crippen molar-refractivity contribution >= 4 is 28.9 Å². The second-order valence-electron chi connectivity index (χ2n) is 3.18. The fourth-order valence-corrected chi connectivity index (χ4v) is 3.85. The molecule has 0 radical (unpaired) electrons. The van der Waals surface area contributed by atoms with Gasteiger partial charge in [-0.15, -0.1) is 0 Å². The monoisotopic (exact) mass is 304 g/mol. The van der Waals surface area contributed by atoms with E-state index in [4.69, 9.17) is 20.9 Å². The van der Waals surface area contributed by atoms with Crippen molar-refractivity contribution in [3.05, 3.63) is 0 Å². The summed E-state index contributed by atoms with van der Waals surface area (Å²) in [6, 6.07) is 0. The van der Waals surface area contributed by atoms with E-state index in [1.165, 1.54) is 19.3 Å². The maximum atomic E-state index is 5.84. The predicted octanol–water partition coefficient (Wildman–Crippen LogP) is 3.57. The standard InChI is InChI=1S/C8H17O2PS2.Zn/c1-9-11(12,13-2)10-8-6-4-3-5-7-8;/h8H,3-7H2,1-2H3;. The first-order valence-corrected chi connectivity index (χ1v) is 9.07. The number of hydrogen-bond donors (Lipinski definition) is 0. The van der Waals surface area contributed by atoms with E-state index in [0.717, 1.165) is 12.8 Å². The van der Waals surface area contributed by atoms with Gasteiger partial charge in [0.1, 0.15) is 0 Å². The van der Waals surface area contributed by atoms with Gasteiger partial charge in [0.15, 0.2) is 0 Å². The summed E-state index contributed by atoms with van der Waals surface area (Å²) in [6.45, 7) is 0. The zero-order valence-electron chi connectivity index (χ0n) is 8.90. The Hall–Kier alpha value is 1.54. The molecule has 0 aromatic carbocycles. The van der Waals surface area contributed by atoms with Crippen molar-refractivity contribution in [1.29, 1.82) is 0 Å². The van der Waals surface area contributed by atoms with Crippen LogP contribution < -0.4 is 0 Å². The van der Waals surface area contributed by atoms with E-state index in [1.807, 2.05) is 6.26 Å². The fraction of sp³-hybridized carbons (Fsp3) is 1.00. The van der Waals surface area contributed by atoms with Crippen LogP contribution in [0.25, 0.3) is 0 Å². The van der Waals surface area contributed by atoms with Gasteiger partial charge in [-0.25, -0.2) is 0 Å². The Morgan fingerprint density at radius 3 is 2.29 bits per heavy atom. The molecule has 1 atom stereocenters. The molecule has 1 unspecified atom stereocenters. The van der Waals surface area contributed by atoms with Crippen molar-refractivity contribution in [3.63, 3.8) is 0 Å². The molecule has 0 bridgehead atoms. The first-order valence-electron chi connectivity index (χ1n) is 4.60. The van der Waals surface area contributed by atoms with Gasteiger partial charge in [-0.2, -0.15) is 0 Å². The van der Waals surface area contributed by atoms with E-state index in [0.29, 0.717) is 6.10 Å². The summed E-state index contributed by atoms with van der Waals surface area (Å²) in [5.74, 6) is 0. The van der Waals surface area contributed by atoms with Crippen LogP contribution in [0.4, 0.5) is 0 Å². The van der Waals surface area contributed by atoms with Gasteiger partial charge in [0.2, 0.25) is 5.69 Å². The van der Waals surface area contributed by atoms with Crippen LogP contribution in [0, 0.1) is 0 Å². The van der Waals surface area contributed by atoms with E-state index >= 15 is 0 Å². The van der Waals surface area contributed by atoms with Gasteiger partial charge in [0.05, 0.1) is 6.10 Å². The Balaban J connectivity index is 0.00000169. The van der Waals surface area contributed by atoms with Crippen molar-refractivity contribution in [2.75, 3.05) is 13.4 Å². The molecule has 1 fully saturated rings. The summed E-state index contributed by atoms with van der Waals surface area (Å²) < 4.78 is 11.1. The van der Waals surface area contributed by atoms with Gasteiger partial charge >= 0.3 is 0 Å². The van der Waals surface area contributed by atoms with Crippen molar-refractivity contribution in [3.8, 4) is 0 Å². The van der Waals surface area contributed by atoms with E-state index in [1.54, 1.807) is 18.5 Å². The molecule has 80 valence electrons. The van der Waals surface area contributed by atoms with E-state index in [-0.39, 0.29) is 19.5 Å². The van der Waals surface area contributed by atoms with E-state index in [2.05, 4.69) is 0 Å². The molecule has 1 aliphatic carbocycles. The minimum atomic E-state index is -2.00. The number of hydrogen-bond acceptors (Lipinski definition) is 4. The average molecular weight is 306 g/mol. The second-order valence-corrected chi connectivity index (χ2v) is 9.69. The van der Waals surface area contributed by atoms with Crippen LogP contribution in [0.2, 0.25) is 0 Å². The third-order valence-corrected chi connectivity index (χ3v) is 7.82. The molecule has 0 aromatic rings. The van der Waals surface area contributed by atoms with Crippen LogP contribution in [-0.4, -0.2) is 19.5 Å². The molecule has 1 aliphatic rings. The zero-order chi connectivity index (χ0) is 9.73. The summed E-state index contributed by atoms with van der Waals surface area (Å²) in [6.07, 6.45) is 8.52. The summed E-state index contributed by atoms with van der Waals surface area (Å²) in [5, 5.41) is 0. The summed E-state index contributed by atoms with van der Waals surface area (Å²) >= 11 is 6.86. The molecule has 6 heteroatoms. The van der Waals surface area contributed by atoms with Crippen LogP contribution in [-0.2, 0) is 40.3 Å². The van der Waals surface area contributed by atoms with E-state index in [9.17, 15) is 0 Å². The first kappa shape index (κ1) is 15.5. The third kappa shape index (κ3) is 5.05. The minimum absolute atomic E-state index is 0. The first-order chi connectivity index (χ1) is 6.20. The van der Waals surface area contributed by atoms with Crippen molar-refractivity contribution in [2.24, 2.45) is 0 Å². The van der Waals surface area contributed by atoms with Crippen molar-refractivity contribution in [1.82, 2.24) is 0 Å². The maximum Gasteiger partial charge on any atom is 0.247 e. The Morgan fingerprint density at radius 1 is 1.29 bits per heavy atom. The quantitative estimate of drug-likeness (QED) is 0.583. The molecule has 0 heterocycles. The topological polar surface area (TPSA) is 18.5 Å². The van der Waals surface area contributed by atoms with Gasteiger partial charge in [0.25, 0.3) is 0 Å². The van der Waals surface area contributed by atoms with Crippen LogP contribution in [0.1, 0.15) is 32.1 Å². The third-order valence-electron chi connectivity index (χ3n) is 2.28. The second kappa shape index (κ2) is 7.76. The summed E-state index contributed by atoms with van der Waals surface area (Å²) in [5.41, 5.74) is -2.00. The van der Waals surface area contributed by atoms with Gasteiger partial charge in [0, 0.05) is 26.6 Å². The smallest absolute Gasteiger partial charge is 0.247 e. The Bertz CT molecular complexity index is 190. The molecular weight excluding hydrogens is 289 g/mol. The average Bonchev–Trinajstić information content (AvgIpc) is 2.19. The van der Waals surface area contributed by atoms with Crippen LogP contribution >= 0.6 is 17.1 Å². The maximum absolute atomic E-state index is 5.84. The Labute approximate surface area is 109 Å². The SMILES string of the molecule is COP(=S)(OC1CCCCC1)SC.[Zn]. The summed E-state index contributed by atoms with van der Waals surface area (Å²) in [4.78, 5) is 0. The van der Waals surface area contributed by atoms with Crippen molar-refractivity contribution < 1.29 is 28.5 Å². The molecule has 0 spiro atoms. The van der Waals surface area contributed by atoms with Crippen molar-refractivity contribution in [2.45, 2.75) is 38.2 Å². The molecule has 2 nitrogen and oxygen atoms in total. The van der Waals surface area contributed by atoms with Gasteiger partial charge in [-0.1, -0.05) is 30.6 Å². The largest absolute Gasteiger partial charge is 0.325 e. The normalized spacial score (nSPS) is 22.4. The van der Waals surface area contributed by atoms with Crippen LogP contribution in [0.15, 0.2) is 0 Å². The molecule has 0 aliphatic heterocycles. The summed E-state index contributed by atoms with van der Waals surface area (Å²) in [7, 11) is 1.65. The Kier molecular flexibility index (Phi) is 8.61. The zero-order valence-corrected chi connectivity index (χ0v) is 14.4. The molecule has 0 aromatic heterocycles. The molecular formula is C8H17O2PS2Zn. The van der Waals surface area contributed by atoms with E-state index < -0.39 is 5.69 Å². The molecule has 14 heavy (non-hydrogen) atoms. The van der Waals surface area contributed by atoms with Crippen LogP contribution in [0.3, 0.4) is 0 Å². The van der Waals surface area contributed by atoms with Crippen LogP contribution in [0.5, 0.6) is 0 Å². The number of rotatable bonds is 4. The minimum Gasteiger partial charge on any atom is -0.325 e. The van der Waals surface area contributed by atoms with Gasteiger partial charge in [-0.05, 0) is 30.9 Å².